The standard InChI is InChI=1S/C26H33N7O3/c1-16(2)23-24(17-12-20(35-5)26-27-15-28-33(26)13-17)29-19-6-7-21(30-25(19)23)36-18-8-10-32(11-9-18)14-22(34)31(3)4/h6-7,12-13,15-16,18,29H,8-11,14H2,1-5H3. The molecule has 1 saturated heterocycles. The Hall–Kier alpha value is -3.66. The van der Waals surface area contributed by atoms with Gasteiger partial charge in [-0.05, 0) is 30.9 Å². The Labute approximate surface area is 210 Å². The van der Waals surface area contributed by atoms with Crippen molar-refractivity contribution >= 4 is 22.6 Å². The topological polar surface area (TPSA) is 101 Å². The molecule has 10 nitrogen and oxygen atoms in total. The highest BCUT2D eigenvalue weighted by atomic mass is 16.5. The van der Waals surface area contributed by atoms with Gasteiger partial charge >= 0.3 is 0 Å². The van der Waals surface area contributed by atoms with E-state index in [-0.39, 0.29) is 17.9 Å². The van der Waals surface area contributed by atoms with E-state index in [9.17, 15) is 4.79 Å². The summed E-state index contributed by atoms with van der Waals surface area (Å²) in [6.07, 6.45) is 5.29. The first-order chi connectivity index (χ1) is 17.3. The van der Waals surface area contributed by atoms with Gasteiger partial charge in [0.1, 0.15) is 12.4 Å². The van der Waals surface area contributed by atoms with Crippen molar-refractivity contribution in [2.45, 2.75) is 38.7 Å². The number of nitrogens with zero attached hydrogens (tertiary/aromatic N) is 6. The molecular formula is C26H33N7O3. The van der Waals surface area contributed by atoms with E-state index < -0.39 is 0 Å². The first kappa shape index (κ1) is 24.1. The molecule has 1 fully saturated rings. The quantitative estimate of drug-likeness (QED) is 0.423. The average Bonchev–Trinajstić information content (AvgIpc) is 3.49. The molecule has 0 radical (unpaired) electrons. The summed E-state index contributed by atoms with van der Waals surface area (Å²) in [7, 11) is 5.22. The minimum atomic E-state index is 0.0838. The Morgan fingerprint density at radius 3 is 2.72 bits per heavy atom. The first-order valence-electron chi connectivity index (χ1n) is 12.3. The van der Waals surface area contributed by atoms with E-state index in [4.69, 9.17) is 14.5 Å². The molecule has 5 rings (SSSR count). The predicted octanol–water partition coefficient (Wildman–Crippen LogP) is 3.34. The molecule has 0 unspecified atom stereocenters. The molecule has 0 saturated carbocycles. The number of methoxy groups -OCH3 is 1. The van der Waals surface area contributed by atoms with Gasteiger partial charge < -0.3 is 19.4 Å². The molecule has 0 atom stereocenters. The van der Waals surface area contributed by atoms with Crippen molar-refractivity contribution < 1.29 is 14.3 Å². The van der Waals surface area contributed by atoms with Crippen LogP contribution in [0.4, 0.5) is 0 Å². The van der Waals surface area contributed by atoms with Crippen molar-refractivity contribution in [1.29, 1.82) is 0 Å². The average molecular weight is 492 g/mol. The molecule has 0 bridgehead atoms. The number of hydrogen-bond donors (Lipinski definition) is 1. The predicted molar refractivity (Wildman–Crippen MR) is 137 cm³/mol. The fourth-order valence-corrected chi connectivity index (χ4v) is 4.79. The largest absolute Gasteiger partial charge is 0.493 e. The molecule has 0 spiro atoms. The molecule has 190 valence electrons. The monoisotopic (exact) mass is 491 g/mol. The van der Waals surface area contributed by atoms with Gasteiger partial charge in [-0.3, -0.25) is 9.69 Å². The molecule has 36 heavy (non-hydrogen) atoms. The van der Waals surface area contributed by atoms with Gasteiger partial charge in [0.15, 0.2) is 11.4 Å². The highest BCUT2D eigenvalue weighted by Gasteiger charge is 2.24. The first-order valence-corrected chi connectivity index (χ1v) is 12.3. The summed E-state index contributed by atoms with van der Waals surface area (Å²) in [5, 5.41) is 4.30. The van der Waals surface area contributed by atoms with Crippen LogP contribution in [-0.4, -0.2) is 87.2 Å². The SMILES string of the molecule is COc1cc(-c2[nH]c3ccc(OC4CCN(CC(=O)N(C)C)CC4)nc3c2C(C)C)cn2ncnc12. The number of likely N-dealkylation sites (tertiary alicyclic amines) is 1. The molecule has 10 heteroatoms. The van der Waals surface area contributed by atoms with Gasteiger partial charge in [0, 0.05) is 50.6 Å². The van der Waals surface area contributed by atoms with Gasteiger partial charge in [-0.25, -0.2) is 14.5 Å². The molecule has 5 heterocycles. The number of hydrogen-bond acceptors (Lipinski definition) is 7. The molecule has 4 aromatic rings. The lowest BCUT2D eigenvalue weighted by atomic mass is 9.99. The highest BCUT2D eigenvalue weighted by Crippen LogP contribution is 2.37. The summed E-state index contributed by atoms with van der Waals surface area (Å²) in [6.45, 7) is 6.46. The fourth-order valence-electron chi connectivity index (χ4n) is 4.79. The van der Waals surface area contributed by atoms with Crippen LogP contribution in [0.3, 0.4) is 0 Å². The maximum Gasteiger partial charge on any atom is 0.236 e. The number of pyridine rings is 2. The summed E-state index contributed by atoms with van der Waals surface area (Å²) in [6, 6.07) is 5.94. The third-order valence-electron chi connectivity index (χ3n) is 6.76. The number of amides is 1. The molecule has 4 aromatic heterocycles. The number of H-pyrrole nitrogens is 1. The number of aromatic amines is 1. The van der Waals surface area contributed by atoms with Gasteiger partial charge in [-0.2, -0.15) is 5.10 Å². The fraction of sp³-hybridized carbons (Fsp3) is 0.462. The normalized spacial score (nSPS) is 15.2. The van der Waals surface area contributed by atoms with Crippen molar-refractivity contribution in [3.63, 3.8) is 0 Å². The molecule has 1 amide bonds. The smallest absolute Gasteiger partial charge is 0.236 e. The van der Waals surface area contributed by atoms with Crippen LogP contribution < -0.4 is 9.47 Å². The van der Waals surface area contributed by atoms with Crippen LogP contribution in [0.2, 0.25) is 0 Å². The lowest BCUT2D eigenvalue weighted by Gasteiger charge is -2.31. The number of ether oxygens (including phenoxy) is 2. The lowest BCUT2D eigenvalue weighted by Crippen LogP contribution is -2.43. The third kappa shape index (κ3) is 4.60. The van der Waals surface area contributed by atoms with Crippen molar-refractivity contribution in [2.24, 2.45) is 0 Å². The number of piperidine rings is 1. The molecule has 1 N–H and O–H groups in total. The van der Waals surface area contributed by atoms with Crippen LogP contribution in [0.5, 0.6) is 11.6 Å². The number of carbonyl (C=O) groups excluding carboxylic acids is 1. The second-order valence-corrected chi connectivity index (χ2v) is 9.82. The lowest BCUT2D eigenvalue weighted by molar-refractivity contribution is -0.130. The number of rotatable bonds is 7. The summed E-state index contributed by atoms with van der Waals surface area (Å²) in [5.41, 5.74) is 5.59. The zero-order valence-electron chi connectivity index (χ0n) is 21.5. The summed E-state index contributed by atoms with van der Waals surface area (Å²) < 4.78 is 13.6. The van der Waals surface area contributed by atoms with Gasteiger partial charge in [-0.1, -0.05) is 13.8 Å². The summed E-state index contributed by atoms with van der Waals surface area (Å²) in [4.78, 5) is 28.6. The Kier molecular flexibility index (Phi) is 6.53. The summed E-state index contributed by atoms with van der Waals surface area (Å²) in [5.74, 6) is 1.65. The van der Waals surface area contributed by atoms with Crippen molar-refractivity contribution in [2.75, 3.05) is 40.8 Å². The Bertz CT molecular complexity index is 1380. The molecular weight excluding hydrogens is 458 g/mol. The molecule has 0 aromatic carbocycles. The maximum atomic E-state index is 12.0. The van der Waals surface area contributed by atoms with Gasteiger partial charge in [-0.15, -0.1) is 0 Å². The number of aromatic nitrogens is 5. The molecule has 0 aliphatic carbocycles. The highest BCUT2D eigenvalue weighted by molar-refractivity contribution is 5.89. The van der Waals surface area contributed by atoms with Gasteiger partial charge in [0.05, 0.1) is 30.4 Å². The van der Waals surface area contributed by atoms with Crippen LogP contribution in [0.25, 0.3) is 27.9 Å². The van der Waals surface area contributed by atoms with E-state index in [0.717, 1.165) is 53.8 Å². The van der Waals surface area contributed by atoms with E-state index in [1.807, 2.05) is 24.4 Å². The Morgan fingerprint density at radius 1 is 1.25 bits per heavy atom. The summed E-state index contributed by atoms with van der Waals surface area (Å²) >= 11 is 0. The minimum absolute atomic E-state index is 0.0838. The number of likely N-dealkylation sites (N-methyl/N-ethyl adjacent to an activating group) is 1. The zero-order chi connectivity index (χ0) is 25.4. The van der Waals surface area contributed by atoms with Crippen LogP contribution in [0.15, 0.2) is 30.7 Å². The van der Waals surface area contributed by atoms with Gasteiger partial charge in [0.25, 0.3) is 0 Å². The number of fused-ring (bicyclic) bond motifs is 2. The van der Waals surface area contributed by atoms with E-state index in [2.05, 4.69) is 33.8 Å². The van der Waals surface area contributed by atoms with Crippen LogP contribution in [0.1, 0.15) is 38.2 Å². The van der Waals surface area contributed by atoms with Crippen molar-refractivity contribution in [3.8, 4) is 22.9 Å². The molecule has 1 aliphatic rings. The van der Waals surface area contributed by atoms with E-state index in [1.54, 1.807) is 30.6 Å². The maximum absolute atomic E-state index is 12.0. The second-order valence-electron chi connectivity index (χ2n) is 9.82. The van der Waals surface area contributed by atoms with E-state index in [1.165, 1.54) is 6.33 Å². The van der Waals surface area contributed by atoms with E-state index >= 15 is 0 Å². The third-order valence-corrected chi connectivity index (χ3v) is 6.76. The number of nitrogens with one attached hydrogen (secondary N) is 1. The van der Waals surface area contributed by atoms with E-state index in [0.29, 0.717) is 23.8 Å². The van der Waals surface area contributed by atoms with Gasteiger partial charge in [0.2, 0.25) is 11.8 Å². The zero-order valence-corrected chi connectivity index (χ0v) is 21.5. The van der Waals surface area contributed by atoms with Crippen LogP contribution in [0, 0.1) is 0 Å². The van der Waals surface area contributed by atoms with Crippen LogP contribution in [-0.2, 0) is 4.79 Å². The van der Waals surface area contributed by atoms with Crippen molar-refractivity contribution in [3.05, 3.63) is 36.3 Å². The molecule has 1 aliphatic heterocycles. The minimum Gasteiger partial charge on any atom is -0.493 e. The van der Waals surface area contributed by atoms with Crippen molar-refractivity contribution in [1.82, 2.24) is 34.4 Å². The van der Waals surface area contributed by atoms with Crippen LogP contribution >= 0.6 is 0 Å². The Morgan fingerprint density at radius 2 is 2.03 bits per heavy atom. The number of carbonyl (C=O) groups is 1. The second kappa shape index (κ2) is 9.77. The Balaban J connectivity index is 1.40.